The molecule has 0 bridgehead atoms. The number of nitrogens with one attached hydrogen (secondary N) is 2. The van der Waals surface area contributed by atoms with Crippen molar-refractivity contribution in [1.29, 1.82) is 0 Å². The number of amides is 1. The number of carbonyl (C=O) groups is 1. The second kappa shape index (κ2) is 8.66. The molecule has 1 aromatic carbocycles. The standard InChI is InChI=1S/C19H18FN3O4S/c1-2-27-18-13(4-3-7-21-18)16(24)22-10-12-8-11(5-6-14(12)20)9-15-17(25)23-19(26)28-15/h3-8,25H,2,9-10H2,1H3,(H,22,24)(H,23,26). The maximum absolute atomic E-state index is 14.2. The van der Waals surface area contributed by atoms with E-state index in [1.54, 1.807) is 31.2 Å². The molecule has 0 saturated carbocycles. The molecule has 0 fully saturated rings. The van der Waals surface area contributed by atoms with Crippen LogP contribution in [0.1, 0.15) is 33.3 Å². The van der Waals surface area contributed by atoms with Crippen LogP contribution >= 0.6 is 11.3 Å². The van der Waals surface area contributed by atoms with Crippen molar-refractivity contribution in [1.82, 2.24) is 15.3 Å². The fourth-order valence-corrected chi connectivity index (χ4v) is 3.37. The van der Waals surface area contributed by atoms with E-state index in [-0.39, 0.29) is 40.7 Å². The number of aromatic nitrogens is 2. The lowest BCUT2D eigenvalue weighted by Gasteiger charge is -2.11. The second-order valence-electron chi connectivity index (χ2n) is 5.86. The zero-order chi connectivity index (χ0) is 20.1. The number of benzene rings is 1. The lowest BCUT2D eigenvalue weighted by atomic mass is 10.1. The van der Waals surface area contributed by atoms with Gasteiger partial charge in [-0.1, -0.05) is 23.5 Å². The first-order valence-electron chi connectivity index (χ1n) is 8.52. The monoisotopic (exact) mass is 403 g/mol. The van der Waals surface area contributed by atoms with Crippen molar-refractivity contribution in [2.45, 2.75) is 19.9 Å². The van der Waals surface area contributed by atoms with Crippen LogP contribution in [0.2, 0.25) is 0 Å². The van der Waals surface area contributed by atoms with Crippen molar-refractivity contribution < 1.29 is 19.0 Å². The van der Waals surface area contributed by atoms with Crippen molar-refractivity contribution in [2.24, 2.45) is 0 Å². The number of carbonyl (C=O) groups excluding carboxylic acids is 1. The van der Waals surface area contributed by atoms with Crippen LogP contribution in [0.3, 0.4) is 0 Å². The minimum Gasteiger partial charge on any atom is -0.494 e. The highest BCUT2D eigenvalue weighted by molar-refractivity contribution is 7.09. The van der Waals surface area contributed by atoms with Gasteiger partial charge in [0.15, 0.2) is 0 Å². The van der Waals surface area contributed by atoms with Gasteiger partial charge in [-0.05, 0) is 30.7 Å². The van der Waals surface area contributed by atoms with Gasteiger partial charge in [-0.15, -0.1) is 0 Å². The molecule has 1 amide bonds. The zero-order valence-corrected chi connectivity index (χ0v) is 15.8. The van der Waals surface area contributed by atoms with Crippen LogP contribution in [-0.4, -0.2) is 27.6 Å². The van der Waals surface area contributed by atoms with Gasteiger partial charge in [0, 0.05) is 24.7 Å². The number of pyridine rings is 1. The SMILES string of the molecule is CCOc1ncccc1C(=O)NCc1cc(Cc2sc(=O)[nH]c2O)ccc1F. The summed E-state index contributed by atoms with van der Waals surface area (Å²) in [6.07, 6.45) is 1.79. The number of halogens is 1. The molecular weight excluding hydrogens is 385 g/mol. The Labute approximate surface area is 163 Å². The maximum atomic E-state index is 14.2. The van der Waals surface area contributed by atoms with E-state index in [2.05, 4.69) is 15.3 Å². The Morgan fingerprint density at radius 1 is 1.39 bits per heavy atom. The van der Waals surface area contributed by atoms with Gasteiger partial charge in [0.2, 0.25) is 11.8 Å². The van der Waals surface area contributed by atoms with Gasteiger partial charge in [0.1, 0.15) is 11.4 Å². The molecule has 7 nitrogen and oxygen atoms in total. The predicted molar refractivity (Wildman–Crippen MR) is 102 cm³/mol. The fraction of sp³-hybridized carbons (Fsp3) is 0.211. The molecule has 0 spiro atoms. The van der Waals surface area contributed by atoms with E-state index in [0.29, 0.717) is 17.0 Å². The molecule has 3 N–H and O–H groups in total. The van der Waals surface area contributed by atoms with Gasteiger partial charge in [-0.2, -0.15) is 0 Å². The molecule has 0 atom stereocenters. The molecule has 146 valence electrons. The van der Waals surface area contributed by atoms with Crippen LogP contribution in [0.15, 0.2) is 41.3 Å². The first kappa shape index (κ1) is 19.6. The molecule has 3 aromatic rings. The molecule has 0 aliphatic rings. The lowest BCUT2D eigenvalue weighted by Crippen LogP contribution is -2.24. The lowest BCUT2D eigenvalue weighted by molar-refractivity contribution is 0.0946. The summed E-state index contributed by atoms with van der Waals surface area (Å²) >= 11 is 0.896. The molecule has 0 saturated heterocycles. The average molecular weight is 403 g/mol. The predicted octanol–water partition coefficient (Wildman–Crippen LogP) is 2.60. The summed E-state index contributed by atoms with van der Waals surface area (Å²) in [7, 11) is 0. The summed E-state index contributed by atoms with van der Waals surface area (Å²) in [5, 5.41) is 12.4. The molecule has 3 rings (SSSR count). The minimum absolute atomic E-state index is 0.0334. The molecule has 2 heterocycles. The third-order valence-corrected chi connectivity index (χ3v) is 4.78. The number of hydrogen-bond donors (Lipinski definition) is 3. The van der Waals surface area contributed by atoms with Crippen molar-refractivity contribution in [3.05, 3.63) is 73.6 Å². The third kappa shape index (κ3) is 4.55. The minimum atomic E-state index is -0.466. The number of aromatic hydroxyl groups is 1. The summed E-state index contributed by atoms with van der Waals surface area (Å²) in [6, 6.07) is 7.65. The van der Waals surface area contributed by atoms with E-state index in [4.69, 9.17) is 4.74 Å². The van der Waals surface area contributed by atoms with Crippen molar-refractivity contribution in [3.8, 4) is 11.8 Å². The van der Waals surface area contributed by atoms with Crippen LogP contribution in [-0.2, 0) is 13.0 Å². The zero-order valence-electron chi connectivity index (χ0n) is 15.0. The Hall–Kier alpha value is -3.20. The Morgan fingerprint density at radius 2 is 2.21 bits per heavy atom. The Morgan fingerprint density at radius 3 is 2.93 bits per heavy atom. The van der Waals surface area contributed by atoms with Crippen molar-refractivity contribution in [2.75, 3.05) is 6.61 Å². The summed E-state index contributed by atoms with van der Waals surface area (Å²) in [4.78, 5) is 30.1. The molecular formula is C19H18FN3O4S. The molecule has 28 heavy (non-hydrogen) atoms. The van der Waals surface area contributed by atoms with Crippen LogP contribution in [0, 0.1) is 5.82 Å². The molecule has 0 radical (unpaired) electrons. The number of nitrogens with zero attached hydrogens (tertiary/aromatic N) is 1. The van der Waals surface area contributed by atoms with E-state index in [1.165, 1.54) is 12.3 Å². The van der Waals surface area contributed by atoms with Gasteiger partial charge in [-0.25, -0.2) is 9.37 Å². The topological polar surface area (TPSA) is 104 Å². The smallest absolute Gasteiger partial charge is 0.307 e. The maximum Gasteiger partial charge on any atom is 0.307 e. The first-order valence-corrected chi connectivity index (χ1v) is 9.33. The summed E-state index contributed by atoms with van der Waals surface area (Å²) < 4.78 is 19.5. The largest absolute Gasteiger partial charge is 0.494 e. The highest BCUT2D eigenvalue weighted by atomic mass is 32.1. The van der Waals surface area contributed by atoms with Gasteiger partial charge in [-0.3, -0.25) is 14.6 Å². The number of hydrogen-bond acceptors (Lipinski definition) is 6. The number of ether oxygens (including phenoxy) is 1. The van der Waals surface area contributed by atoms with E-state index in [9.17, 15) is 19.1 Å². The normalized spacial score (nSPS) is 10.6. The highest BCUT2D eigenvalue weighted by Crippen LogP contribution is 2.22. The van der Waals surface area contributed by atoms with Crippen LogP contribution < -0.4 is 14.9 Å². The second-order valence-corrected chi connectivity index (χ2v) is 6.93. The Kier molecular flexibility index (Phi) is 6.05. The van der Waals surface area contributed by atoms with Crippen molar-refractivity contribution >= 4 is 17.2 Å². The highest BCUT2D eigenvalue weighted by Gasteiger charge is 2.15. The molecule has 9 heteroatoms. The number of H-pyrrole nitrogens is 1. The number of thiazole rings is 1. The van der Waals surface area contributed by atoms with Gasteiger partial charge in [0.25, 0.3) is 5.91 Å². The molecule has 0 aliphatic carbocycles. The van der Waals surface area contributed by atoms with E-state index in [1.807, 2.05) is 0 Å². The van der Waals surface area contributed by atoms with Gasteiger partial charge < -0.3 is 15.2 Å². The van der Waals surface area contributed by atoms with E-state index < -0.39 is 11.7 Å². The fourth-order valence-electron chi connectivity index (χ4n) is 2.62. The quantitative estimate of drug-likeness (QED) is 0.563. The van der Waals surface area contributed by atoms with E-state index >= 15 is 0 Å². The molecule has 2 aromatic heterocycles. The molecule has 0 aliphatic heterocycles. The van der Waals surface area contributed by atoms with Crippen LogP contribution in [0.4, 0.5) is 4.39 Å². The van der Waals surface area contributed by atoms with Gasteiger partial charge >= 0.3 is 4.87 Å². The van der Waals surface area contributed by atoms with E-state index in [0.717, 1.165) is 11.3 Å². The number of rotatable bonds is 7. The summed E-state index contributed by atoms with van der Waals surface area (Å²) in [5.74, 6) is -0.863. The number of aromatic amines is 1. The summed E-state index contributed by atoms with van der Waals surface area (Å²) in [6.45, 7) is 2.12. The Bertz CT molecular complexity index is 1050. The average Bonchev–Trinajstić information content (AvgIpc) is 2.99. The van der Waals surface area contributed by atoms with Gasteiger partial charge in [0.05, 0.1) is 11.5 Å². The summed E-state index contributed by atoms with van der Waals surface area (Å²) in [5.41, 5.74) is 1.26. The third-order valence-electron chi connectivity index (χ3n) is 3.91. The Balaban J connectivity index is 1.73. The van der Waals surface area contributed by atoms with Crippen LogP contribution in [0.5, 0.6) is 11.8 Å². The van der Waals surface area contributed by atoms with Crippen LogP contribution in [0.25, 0.3) is 0 Å². The molecule has 0 unspecified atom stereocenters. The first-order chi connectivity index (χ1) is 13.5. The van der Waals surface area contributed by atoms with Crippen molar-refractivity contribution in [3.63, 3.8) is 0 Å².